The SMILES string of the molecule is C.C.C.C.CC(C)C1(C(C)C)CC1.CC(C)C1(C(C)C)CCC1.CC(C)C1(C(C)C)CCCC1.CC(C)C1(C(C)C)CCCCC1. The Bertz CT molecular complexity index is 654. The average Bonchev–Trinajstić information content (AvgIpc) is 3.54. The molecule has 4 aliphatic carbocycles. The van der Waals surface area contributed by atoms with Gasteiger partial charge in [0.25, 0.3) is 0 Å². The molecule has 0 aromatic rings. The molecule has 0 aromatic carbocycles. The van der Waals surface area contributed by atoms with Gasteiger partial charge >= 0.3 is 0 Å². The van der Waals surface area contributed by atoms with Gasteiger partial charge in [0, 0.05) is 0 Å². The van der Waals surface area contributed by atoms with Crippen molar-refractivity contribution >= 4 is 0 Å². The third-order valence-corrected chi connectivity index (χ3v) is 14.6. The molecular formula is C46H100. The Morgan fingerprint density at radius 2 is 0.370 bits per heavy atom. The summed E-state index contributed by atoms with van der Waals surface area (Å²) in [6, 6.07) is 0. The van der Waals surface area contributed by atoms with E-state index in [1.807, 2.05) is 0 Å². The molecule has 0 heteroatoms. The summed E-state index contributed by atoms with van der Waals surface area (Å²) in [5, 5.41) is 0. The van der Waals surface area contributed by atoms with Crippen LogP contribution in [0.4, 0.5) is 0 Å². The van der Waals surface area contributed by atoms with Crippen molar-refractivity contribution in [3.05, 3.63) is 0 Å². The van der Waals surface area contributed by atoms with Crippen molar-refractivity contribution in [1.82, 2.24) is 0 Å². The molecule has 0 N–H and O–H groups in total. The van der Waals surface area contributed by atoms with Gasteiger partial charge in [-0.15, -0.1) is 0 Å². The average molecular weight is 653 g/mol. The van der Waals surface area contributed by atoms with E-state index in [2.05, 4.69) is 111 Å². The summed E-state index contributed by atoms with van der Waals surface area (Å²) in [6.07, 6.45) is 20.6. The van der Waals surface area contributed by atoms with E-state index in [4.69, 9.17) is 0 Å². The van der Waals surface area contributed by atoms with Crippen molar-refractivity contribution in [3.8, 4) is 0 Å². The predicted molar refractivity (Wildman–Crippen MR) is 220 cm³/mol. The lowest BCUT2D eigenvalue weighted by Crippen LogP contribution is -2.39. The molecule has 0 atom stereocenters. The van der Waals surface area contributed by atoms with Crippen LogP contribution in [0, 0.1) is 69.0 Å². The molecule has 0 aliphatic heterocycles. The summed E-state index contributed by atoms with van der Waals surface area (Å²) in [4.78, 5) is 0. The minimum Gasteiger partial charge on any atom is -0.0776 e. The first-order chi connectivity index (χ1) is 19.4. The van der Waals surface area contributed by atoms with Crippen molar-refractivity contribution in [3.63, 3.8) is 0 Å². The van der Waals surface area contributed by atoms with E-state index < -0.39 is 0 Å². The summed E-state index contributed by atoms with van der Waals surface area (Å²) < 4.78 is 0. The fourth-order valence-corrected chi connectivity index (χ4v) is 10.3. The molecule has 284 valence electrons. The Labute approximate surface area is 298 Å². The van der Waals surface area contributed by atoms with Crippen LogP contribution in [-0.2, 0) is 0 Å². The zero-order chi connectivity index (χ0) is 32.5. The standard InChI is InChI=1S/C12H24.C11H22.C10H20.C9H18.4CH4/c1-10(2)12(11(3)4)8-6-5-7-9-12;1-9(2)11(10(3)4)7-5-6-8-11;1-8(2)10(9(3)4)6-5-7-10;1-7(2)9(5-6-9)8(3)4;;;;/h10-11H,5-9H2,1-4H3;9-10H,5-8H2,1-4H3;8-9H,5-7H2,1-4H3;7-8H,5-6H2,1-4H3;4*1H4. The second-order valence-electron chi connectivity index (χ2n) is 18.3. The largest absolute Gasteiger partial charge is 0.0776 e. The topological polar surface area (TPSA) is 0 Å². The van der Waals surface area contributed by atoms with E-state index in [0.717, 1.165) is 58.2 Å². The molecule has 4 rings (SSSR count). The molecule has 0 heterocycles. The highest BCUT2D eigenvalue weighted by atomic mass is 14.5. The van der Waals surface area contributed by atoms with Gasteiger partial charge in [0.05, 0.1) is 0 Å². The zero-order valence-corrected chi connectivity index (χ0v) is 32.5. The van der Waals surface area contributed by atoms with E-state index in [1.54, 1.807) is 0 Å². The molecule has 0 bridgehead atoms. The predicted octanol–water partition coefficient (Wildman–Crippen LogP) is 17.2. The minimum absolute atomic E-state index is 0. The van der Waals surface area contributed by atoms with Crippen LogP contribution in [0.25, 0.3) is 0 Å². The van der Waals surface area contributed by atoms with E-state index >= 15 is 0 Å². The van der Waals surface area contributed by atoms with Crippen LogP contribution in [0.5, 0.6) is 0 Å². The van der Waals surface area contributed by atoms with E-state index in [1.165, 1.54) is 89.9 Å². The molecule has 4 saturated carbocycles. The molecule has 4 aliphatic rings. The quantitative estimate of drug-likeness (QED) is 0.245. The Balaban J connectivity index is -0.000000250. The van der Waals surface area contributed by atoms with Crippen molar-refractivity contribution in [2.45, 2.75) is 230 Å². The van der Waals surface area contributed by atoms with Crippen LogP contribution in [0.1, 0.15) is 230 Å². The highest BCUT2D eigenvalue weighted by Crippen LogP contribution is 2.57. The highest BCUT2D eigenvalue weighted by molar-refractivity contribution is 4.97. The maximum atomic E-state index is 2.41. The molecule has 0 nitrogen and oxygen atoms in total. The Morgan fingerprint density at radius 1 is 0.217 bits per heavy atom. The van der Waals surface area contributed by atoms with Crippen LogP contribution in [0.3, 0.4) is 0 Å². The molecule has 0 amide bonds. The lowest BCUT2D eigenvalue weighted by atomic mass is 9.56. The van der Waals surface area contributed by atoms with Gasteiger partial charge in [-0.2, -0.15) is 0 Å². The van der Waals surface area contributed by atoms with Gasteiger partial charge in [0.1, 0.15) is 0 Å². The van der Waals surface area contributed by atoms with Crippen molar-refractivity contribution in [1.29, 1.82) is 0 Å². The summed E-state index contributed by atoms with van der Waals surface area (Å²) in [7, 11) is 0. The van der Waals surface area contributed by atoms with Gasteiger partial charge in [-0.25, -0.2) is 0 Å². The lowest BCUT2D eigenvalue weighted by molar-refractivity contribution is 0.0135. The van der Waals surface area contributed by atoms with Crippen LogP contribution < -0.4 is 0 Å². The molecular weight excluding hydrogens is 553 g/mol. The fraction of sp³-hybridized carbons (Fsp3) is 1.00. The van der Waals surface area contributed by atoms with Gasteiger partial charge in [0.2, 0.25) is 0 Å². The number of hydrogen-bond acceptors (Lipinski definition) is 0. The van der Waals surface area contributed by atoms with Crippen LogP contribution >= 0.6 is 0 Å². The summed E-state index contributed by atoms with van der Waals surface area (Å²) in [5.41, 5.74) is 2.85. The summed E-state index contributed by atoms with van der Waals surface area (Å²) in [5.74, 6) is 7.09. The molecule has 4 fully saturated rings. The summed E-state index contributed by atoms with van der Waals surface area (Å²) >= 11 is 0. The molecule has 46 heavy (non-hydrogen) atoms. The van der Waals surface area contributed by atoms with Gasteiger partial charge in [-0.05, 0) is 120 Å². The van der Waals surface area contributed by atoms with E-state index in [9.17, 15) is 0 Å². The van der Waals surface area contributed by atoms with Gasteiger partial charge in [-0.3, -0.25) is 0 Å². The Hall–Kier alpha value is 0. The lowest BCUT2D eigenvalue weighted by Gasteiger charge is -2.49. The first-order valence-corrected chi connectivity index (χ1v) is 19.4. The first-order valence-electron chi connectivity index (χ1n) is 19.4. The minimum atomic E-state index is 0. The molecule has 0 spiro atoms. The maximum Gasteiger partial charge on any atom is -0.0251 e. The fourth-order valence-electron chi connectivity index (χ4n) is 10.3. The van der Waals surface area contributed by atoms with Crippen molar-refractivity contribution in [2.24, 2.45) is 69.0 Å². The third kappa shape index (κ3) is 12.7. The molecule has 0 aromatic heterocycles. The van der Waals surface area contributed by atoms with Gasteiger partial charge in [0.15, 0.2) is 0 Å². The second-order valence-corrected chi connectivity index (χ2v) is 18.3. The van der Waals surface area contributed by atoms with Crippen molar-refractivity contribution in [2.75, 3.05) is 0 Å². The zero-order valence-electron chi connectivity index (χ0n) is 32.5. The Morgan fingerprint density at radius 3 is 0.457 bits per heavy atom. The highest BCUT2D eigenvalue weighted by Gasteiger charge is 2.47. The van der Waals surface area contributed by atoms with E-state index in [-0.39, 0.29) is 29.7 Å². The van der Waals surface area contributed by atoms with Crippen LogP contribution in [0.15, 0.2) is 0 Å². The second kappa shape index (κ2) is 22.7. The smallest absolute Gasteiger partial charge is 0.0251 e. The van der Waals surface area contributed by atoms with Gasteiger partial charge < -0.3 is 0 Å². The van der Waals surface area contributed by atoms with Crippen LogP contribution in [-0.4, -0.2) is 0 Å². The van der Waals surface area contributed by atoms with Crippen LogP contribution in [0.2, 0.25) is 0 Å². The first kappa shape index (κ1) is 52.8. The third-order valence-electron chi connectivity index (χ3n) is 14.6. The molecule has 0 radical (unpaired) electrons. The monoisotopic (exact) mass is 653 g/mol. The Kier molecular flexibility index (Phi) is 26.0. The van der Waals surface area contributed by atoms with Crippen molar-refractivity contribution < 1.29 is 0 Å². The molecule has 0 unspecified atom stereocenters. The summed E-state index contributed by atoms with van der Waals surface area (Å²) in [6.45, 7) is 38.1. The van der Waals surface area contributed by atoms with E-state index in [0.29, 0.717) is 10.8 Å². The number of hydrogen-bond donors (Lipinski definition) is 0. The number of rotatable bonds is 8. The maximum absolute atomic E-state index is 2.41. The normalized spacial score (nSPS) is 21.4. The molecule has 0 saturated heterocycles. The van der Waals surface area contributed by atoms with Gasteiger partial charge in [-0.1, -0.05) is 179 Å².